The fourth-order valence-electron chi connectivity index (χ4n) is 3.40. The average molecular weight is 388 g/mol. The van der Waals surface area contributed by atoms with Gasteiger partial charge in [0.2, 0.25) is 0 Å². The van der Waals surface area contributed by atoms with Gasteiger partial charge in [-0.15, -0.1) is 0 Å². The summed E-state index contributed by atoms with van der Waals surface area (Å²) in [7, 11) is 5.60. The van der Waals surface area contributed by atoms with Crippen LogP contribution in [0.4, 0.5) is 0 Å². The topological polar surface area (TPSA) is 67.3 Å². The number of nitrogens with one attached hydrogen (secondary N) is 1. The summed E-state index contributed by atoms with van der Waals surface area (Å²) in [5.41, 5.74) is 3.61. The first-order valence-corrected chi connectivity index (χ1v) is 9.60. The summed E-state index contributed by atoms with van der Waals surface area (Å²) in [5.74, 6) is 0.496. The van der Waals surface area contributed by atoms with Gasteiger partial charge in [-0.1, -0.05) is 24.3 Å². The predicted octanol–water partition coefficient (Wildman–Crippen LogP) is 3.62. The van der Waals surface area contributed by atoms with Crippen LogP contribution in [0.5, 0.6) is 5.75 Å². The Hall–Kier alpha value is -3.25. The molecule has 0 fully saturated rings. The number of hydrogen-bond donors (Lipinski definition) is 1. The summed E-state index contributed by atoms with van der Waals surface area (Å²) >= 11 is 0. The highest BCUT2D eigenvalue weighted by molar-refractivity contribution is 6.18. The van der Waals surface area contributed by atoms with Crippen LogP contribution in [0.2, 0.25) is 0 Å². The zero-order valence-electron chi connectivity index (χ0n) is 17.1. The Morgan fingerprint density at radius 2 is 1.79 bits per heavy atom. The van der Waals surface area contributed by atoms with Crippen molar-refractivity contribution in [2.24, 2.45) is 0 Å². The number of hydrogen-bond acceptors (Lipinski definition) is 5. The van der Waals surface area contributed by atoms with Crippen LogP contribution >= 0.6 is 0 Å². The van der Waals surface area contributed by atoms with E-state index < -0.39 is 0 Å². The van der Waals surface area contributed by atoms with Crippen molar-refractivity contribution in [3.8, 4) is 5.75 Å². The SMILES string of the molecule is COc1cccc2c1c(C(=O)NC[C@@H](C)N(C)C)cc1nc3ccccc3nc12. The van der Waals surface area contributed by atoms with Crippen molar-refractivity contribution >= 4 is 38.7 Å². The van der Waals surface area contributed by atoms with Gasteiger partial charge >= 0.3 is 0 Å². The Morgan fingerprint density at radius 3 is 2.48 bits per heavy atom. The number of fused-ring (bicyclic) bond motifs is 4. The fraction of sp³-hybridized carbons (Fsp3) is 0.261. The van der Waals surface area contributed by atoms with Crippen LogP contribution in [0.25, 0.3) is 32.8 Å². The van der Waals surface area contributed by atoms with Crippen LogP contribution in [0, 0.1) is 0 Å². The molecule has 0 aliphatic rings. The summed E-state index contributed by atoms with van der Waals surface area (Å²) in [6, 6.07) is 15.5. The number of para-hydroxylation sites is 2. The number of carbonyl (C=O) groups is 1. The summed E-state index contributed by atoms with van der Waals surface area (Å²) in [4.78, 5) is 24.8. The minimum atomic E-state index is -0.148. The van der Waals surface area contributed by atoms with Crippen molar-refractivity contribution in [1.29, 1.82) is 0 Å². The lowest BCUT2D eigenvalue weighted by Gasteiger charge is -2.20. The summed E-state index contributed by atoms with van der Waals surface area (Å²) in [6.07, 6.45) is 0. The first-order valence-electron chi connectivity index (χ1n) is 9.60. The third-order valence-corrected chi connectivity index (χ3v) is 5.33. The van der Waals surface area contributed by atoms with Gasteiger partial charge in [0.1, 0.15) is 5.75 Å². The molecule has 0 spiro atoms. The van der Waals surface area contributed by atoms with E-state index in [9.17, 15) is 4.79 Å². The maximum absolute atomic E-state index is 13.1. The molecule has 1 atom stereocenters. The second-order valence-corrected chi connectivity index (χ2v) is 7.41. The van der Waals surface area contributed by atoms with Gasteiger partial charge in [0.25, 0.3) is 5.91 Å². The Bertz CT molecular complexity index is 1220. The highest BCUT2D eigenvalue weighted by Gasteiger charge is 2.19. The van der Waals surface area contributed by atoms with E-state index in [0.29, 0.717) is 23.4 Å². The molecular formula is C23H24N4O2. The molecule has 6 heteroatoms. The number of rotatable bonds is 5. The van der Waals surface area contributed by atoms with E-state index in [2.05, 4.69) is 17.1 Å². The normalized spacial score (nSPS) is 12.6. The van der Waals surface area contributed by atoms with Gasteiger partial charge in [-0.3, -0.25) is 4.79 Å². The quantitative estimate of drug-likeness (QED) is 0.418. The van der Waals surface area contributed by atoms with Crippen LogP contribution in [-0.2, 0) is 0 Å². The summed E-state index contributed by atoms with van der Waals surface area (Å²) < 4.78 is 5.58. The largest absolute Gasteiger partial charge is 0.496 e. The number of carbonyl (C=O) groups excluding carboxylic acids is 1. The lowest BCUT2D eigenvalue weighted by Crippen LogP contribution is -2.38. The molecule has 1 amide bonds. The van der Waals surface area contributed by atoms with Crippen LogP contribution in [0.15, 0.2) is 48.5 Å². The second kappa shape index (κ2) is 7.64. The molecule has 0 saturated heterocycles. The lowest BCUT2D eigenvalue weighted by molar-refractivity contribution is 0.0945. The Balaban J connectivity index is 1.93. The molecule has 3 aromatic carbocycles. The fourth-order valence-corrected chi connectivity index (χ4v) is 3.40. The molecule has 4 aromatic rings. The molecule has 4 rings (SSSR count). The second-order valence-electron chi connectivity index (χ2n) is 7.41. The zero-order valence-corrected chi connectivity index (χ0v) is 17.1. The molecule has 0 radical (unpaired) electrons. The van der Waals surface area contributed by atoms with Gasteiger partial charge in [-0.25, -0.2) is 9.97 Å². The van der Waals surface area contributed by atoms with Crippen molar-refractivity contribution in [2.45, 2.75) is 13.0 Å². The first-order chi connectivity index (χ1) is 14.0. The van der Waals surface area contributed by atoms with Crippen molar-refractivity contribution in [3.05, 3.63) is 54.1 Å². The number of benzene rings is 3. The standard InChI is InChI=1S/C23H24N4O2/c1-14(27(2)3)13-24-23(28)16-12-19-22(15-8-7-11-20(29-4)21(15)16)26-18-10-6-5-9-17(18)25-19/h5-12,14H,13H2,1-4H3,(H,24,28)/t14-/m1/s1. The average Bonchev–Trinajstić information content (AvgIpc) is 2.74. The van der Waals surface area contributed by atoms with E-state index in [-0.39, 0.29) is 11.9 Å². The van der Waals surface area contributed by atoms with Crippen molar-refractivity contribution in [1.82, 2.24) is 20.2 Å². The molecule has 0 bridgehead atoms. The molecule has 148 valence electrons. The third kappa shape index (κ3) is 3.47. The number of ether oxygens (including phenoxy) is 1. The van der Waals surface area contributed by atoms with Crippen LogP contribution in [0.1, 0.15) is 17.3 Å². The highest BCUT2D eigenvalue weighted by Crippen LogP contribution is 2.34. The lowest BCUT2D eigenvalue weighted by atomic mass is 10.0. The Kier molecular flexibility index (Phi) is 5.03. The molecule has 1 N–H and O–H groups in total. The minimum absolute atomic E-state index is 0.148. The third-order valence-electron chi connectivity index (χ3n) is 5.33. The maximum atomic E-state index is 13.1. The van der Waals surface area contributed by atoms with E-state index >= 15 is 0 Å². The van der Waals surface area contributed by atoms with Crippen molar-refractivity contribution < 1.29 is 9.53 Å². The van der Waals surface area contributed by atoms with E-state index in [0.717, 1.165) is 27.3 Å². The molecule has 1 aromatic heterocycles. The highest BCUT2D eigenvalue weighted by atomic mass is 16.5. The molecule has 29 heavy (non-hydrogen) atoms. The van der Waals surface area contributed by atoms with E-state index in [1.165, 1.54) is 0 Å². The number of likely N-dealkylation sites (N-methyl/N-ethyl adjacent to an activating group) is 1. The summed E-state index contributed by atoms with van der Waals surface area (Å²) in [5, 5.41) is 4.65. The molecule has 0 saturated carbocycles. The van der Waals surface area contributed by atoms with Crippen molar-refractivity contribution in [3.63, 3.8) is 0 Å². The van der Waals surface area contributed by atoms with Gasteiger partial charge < -0.3 is 15.0 Å². The number of methoxy groups -OCH3 is 1. The molecule has 0 aliphatic carbocycles. The smallest absolute Gasteiger partial charge is 0.252 e. The number of nitrogens with zero attached hydrogens (tertiary/aromatic N) is 3. The zero-order chi connectivity index (χ0) is 20.5. The van der Waals surface area contributed by atoms with E-state index in [1.54, 1.807) is 7.11 Å². The Labute approximate surface area is 169 Å². The van der Waals surface area contributed by atoms with E-state index in [1.807, 2.05) is 62.6 Å². The number of amides is 1. The first kappa shape index (κ1) is 19.1. The number of aromatic nitrogens is 2. The van der Waals surface area contributed by atoms with Crippen LogP contribution < -0.4 is 10.1 Å². The maximum Gasteiger partial charge on any atom is 0.252 e. The molecular weight excluding hydrogens is 364 g/mol. The molecule has 0 aliphatic heterocycles. The monoisotopic (exact) mass is 388 g/mol. The molecule has 6 nitrogen and oxygen atoms in total. The molecule has 0 unspecified atom stereocenters. The van der Waals surface area contributed by atoms with Gasteiger partial charge in [0.15, 0.2) is 0 Å². The van der Waals surface area contributed by atoms with Gasteiger partial charge in [-0.05, 0) is 45.3 Å². The van der Waals surface area contributed by atoms with Crippen LogP contribution in [-0.4, -0.2) is 54.6 Å². The van der Waals surface area contributed by atoms with E-state index in [4.69, 9.17) is 14.7 Å². The van der Waals surface area contributed by atoms with Gasteiger partial charge in [0, 0.05) is 23.4 Å². The minimum Gasteiger partial charge on any atom is -0.496 e. The van der Waals surface area contributed by atoms with Crippen LogP contribution in [0.3, 0.4) is 0 Å². The van der Waals surface area contributed by atoms with Gasteiger partial charge in [-0.2, -0.15) is 0 Å². The van der Waals surface area contributed by atoms with Crippen molar-refractivity contribution in [2.75, 3.05) is 27.7 Å². The predicted molar refractivity (Wildman–Crippen MR) is 117 cm³/mol. The Morgan fingerprint density at radius 1 is 1.07 bits per heavy atom. The molecule has 1 heterocycles. The summed E-state index contributed by atoms with van der Waals surface area (Å²) in [6.45, 7) is 2.61. The van der Waals surface area contributed by atoms with Gasteiger partial charge in [0.05, 0.1) is 34.7 Å².